The number of hydrogen-bond donors (Lipinski definition) is 2. The molecule has 3 rings (SSSR count). The molecule has 1 saturated carbocycles. The average molecular weight is 397 g/mol. The van der Waals surface area contributed by atoms with Crippen molar-refractivity contribution in [2.75, 3.05) is 25.6 Å². The van der Waals surface area contributed by atoms with Gasteiger partial charge in [-0.25, -0.2) is 4.79 Å². The Hall–Kier alpha value is -2.69. The van der Waals surface area contributed by atoms with E-state index in [1.807, 2.05) is 36.4 Å². The molecule has 0 heterocycles. The predicted octanol–water partition coefficient (Wildman–Crippen LogP) is 5.51. The van der Waals surface area contributed by atoms with Crippen LogP contribution in [0.4, 0.5) is 10.5 Å². The molecule has 2 aromatic carbocycles. The molecule has 29 heavy (non-hydrogen) atoms. The van der Waals surface area contributed by atoms with Crippen molar-refractivity contribution in [1.29, 1.82) is 0 Å². The van der Waals surface area contributed by atoms with Gasteiger partial charge in [-0.3, -0.25) is 0 Å². The first kappa shape index (κ1) is 21.0. The summed E-state index contributed by atoms with van der Waals surface area (Å²) in [5.41, 5.74) is 2.03. The highest BCUT2D eigenvalue weighted by Crippen LogP contribution is 2.41. The standard InChI is InChI=1S/C24H32N2O3/c1-3-4-17-29-22-13-9-20(10-14-22)26-23(27)25-18-24(15-5-6-16-24)19-7-11-21(28-2)12-8-19/h7-14H,3-6,15-18H2,1-2H3,(H2,25,26,27). The van der Waals surface area contributed by atoms with E-state index in [9.17, 15) is 4.79 Å². The molecule has 0 spiro atoms. The van der Waals surface area contributed by atoms with Gasteiger partial charge in [-0.05, 0) is 61.2 Å². The zero-order chi connectivity index (χ0) is 20.5. The molecule has 1 aliphatic carbocycles. The number of ether oxygens (including phenoxy) is 2. The maximum atomic E-state index is 12.5. The first-order chi connectivity index (χ1) is 14.1. The number of rotatable bonds is 9. The summed E-state index contributed by atoms with van der Waals surface area (Å²) in [6.07, 6.45) is 6.70. The first-order valence-corrected chi connectivity index (χ1v) is 10.6. The van der Waals surface area contributed by atoms with Crippen molar-refractivity contribution in [3.05, 3.63) is 54.1 Å². The molecule has 0 saturated heterocycles. The quantitative estimate of drug-likeness (QED) is 0.550. The van der Waals surface area contributed by atoms with Crippen LogP contribution in [-0.4, -0.2) is 26.3 Å². The molecule has 0 aliphatic heterocycles. The Balaban J connectivity index is 1.55. The molecule has 2 aromatic rings. The van der Waals surface area contributed by atoms with Gasteiger partial charge in [-0.1, -0.05) is 38.3 Å². The fraction of sp³-hybridized carbons (Fsp3) is 0.458. The van der Waals surface area contributed by atoms with E-state index in [-0.39, 0.29) is 11.4 Å². The van der Waals surface area contributed by atoms with Gasteiger partial charge in [0.15, 0.2) is 0 Å². The minimum absolute atomic E-state index is 0.000582. The van der Waals surface area contributed by atoms with Crippen molar-refractivity contribution in [2.45, 2.75) is 50.9 Å². The minimum Gasteiger partial charge on any atom is -0.497 e. The molecule has 5 nitrogen and oxygen atoms in total. The summed E-state index contributed by atoms with van der Waals surface area (Å²) in [7, 11) is 1.68. The number of benzene rings is 2. The van der Waals surface area contributed by atoms with Crippen LogP contribution in [0.3, 0.4) is 0 Å². The monoisotopic (exact) mass is 396 g/mol. The van der Waals surface area contributed by atoms with Crippen LogP contribution in [0.5, 0.6) is 11.5 Å². The maximum absolute atomic E-state index is 12.5. The van der Waals surface area contributed by atoms with Crippen molar-refractivity contribution in [3.63, 3.8) is 0 Å². The summed E-state index contributed by atoms with van der Waals surface area (Å²) in [6.45, 7) is 3.49. The Morgan fingerprint density at radius 2 is 1.66 bits per heavy atom. The van der Waals surface area contributed by atoms with Crippen molar-refractivity contribution in [2.24, 2.45) is 0 Å². The van der Waals surface area contributed by atoms with Crippen LogP contribution in [0.1, 0.15) is 51.0 Å². The lowest BCUT2D eigenvalue weighted by molar-refractivity contribution is 0.248. The van der Waals surface area contributed by atoms with Crippen LogP contribution in [0.15, 0.2) is 48.5 Å². The van der Waals surface area contributed by atoms with Gasteiger partial charge in [0, 0.05) is 17.6 Å². The number of methoxy groups -OCH3 is 1. The largest absolute Gasteiger partial charge is 0.497 e. The molecular weight excluding hydrogens is 364 g/mol. The Labute approximate surface area is 173 Å². The van der Waals surface area contributed by atoms with Crippen molar-refractivity contribution >= 4 is 11.7 Å². The highest BCUT2D eigenvalue weighted by Gasteiger charge is 2.35. The van der Waals surface area contributed by atoms with E-state index in [1.165, 1.54) is 18.4 Å². The second kappa shape index (κ2) is 10.2. The van der Waals surface area contributed by atoms with Gasteiger partial charge in [-0.15, -0.1) is 0 Å². The fourth-order valence-electron chi connectivity index (χ4n) is 3.96. The number of nitrogens with one attached hydrogen (secondary N) is 2. The van der Waals surface area contributed by atoms with Crippen LogP contribution in [0.25, 0.3) is 0 Å². The van der Waals surface area contributed by atoms with E-state index in [0.29, 0.717) is 6.54 Å². The van der Waals surface area contributed by atoms with Gasteiger partial charge in [-0.2, -0.15) is 0 Å². The number of hydrogen-bond acceptors (Lipinski definition) is 3. The molecule has 0 bridgehead atoms. The third kappa shape index (κ3) is 5.66. The lowest BCUT2D eigenvalue weighted by Crippen LogP contribution is -2.40. The van der Waals surface area contributed by atoms with Gasteiger partial charge in [0.1, 0.15) is 11.5 Å². The second-order valence-electron chi connectivity index (χ2n) is 7.75. The van der Waals surface area contributed by atoms with Crippen LogP contribution in [-0.2, 0) is 5.41 Å². The normalized spacial score (nSPS) is 15.0. The fourth-order valence-corrected chi connectivity index (χ4v) is 3.96. The Kier molecular flexibility index (Phi) is 7.39. The van der Waals surface area contributed by atoms with E-state index in [1.54, 1.807) is 7.11 Å². The summed E-state index contributed by atoms with van der Waals surface area (Å²) in [6, 6.07) is 15.6. The topological polar surface area (TPSA) is 59.6 Å². The third-order valence-electron chi connectivity index (χ3n) is 5.73. The molecule has 1 aliphatic rings. The van der Waals surface area contributed by atoms with Crippen LogP contribution < -0.4 is 20.1 Å². The van der Waals surface area contributed by atoms with E-state index >= 15 is 0 Å². The summed E-state index contributed by atoms with van der Waals surface area (Å²) in [5.74, 6) is 1.68. The highest BCUT2D eigenvalue weighted by molar-refractivity contribution is 5.89. The molecule has 5 heteroatoms. The second-order valence-corrected chi connectivity index (χ2v) is 7.75. The SMILES string of the molecule is CCCCOc1ccc(NC(=O)NCC2(c3ccc(OC)cc3)CCCC2)cc1. The van der Waals surface area contributed by atoms with E-state index in [0.717, 1.165) is 49.5 Å². The number of anilines is 1. The van der Waals surface area contributed by atoms with Gasteiger partial charge in [0.2, 0.25) is 0 Å². The summed E-state index contributed by atoms with van der Waals surface area (Å²) < 4.78 is 10.9. The van der Waals surface area contributed by atoms with Crippen molar-refractivity contribution < 1.29 is 14.3 Å². The number of carbonyl (C=O) groups is 1. The van der Waals surface area contributed by atoms with Gasteiger partial charge >= 0.3 is 6.03 Å². The number of carbonyl (C=O) groups excluding carboxylic acids is 1. The zero-order valence-corrected chi connectivity index (χ0v) is 17.5. The molecule has 1 fully saturated rings. The Bertz CT molecular complexity index is 766. The molecule has 0 atom stereocenters. The highest BCUT2D eigenvalue weighted by atomic mass is 16.5. The van der Waals surface area contributed by atoms with Crippen LogP contribution in [0, 0.1) is 0 Å². The third-order valence-corrected chi connectivity index (χ3v) is 5.73. The summed E-state index contributed by atoms with van der Waals surface area (Å²) in [5, 5.41) is 6.01. The molecule has 0 aromatic heterocycles. The van der Waals surface area contributed by atoms with Gasteiger partial charge < -0.3 is 20.1 Å². The van der Waals surface area contributed by atoms with Crippen LogP contribution >= 0.6 is 0 Å². The number of urea groups is 1. The summed E-state index contributed by atoms with van der Waals surface area (Å²) in [4.78, 5) is 12.5. The maximum Gasteiger partial charge on any atom is 0.319 e. The molecule has 2 amide bonds. The molecule has 156 valence electrons. The molecule has 0 radical (unpaired) electrons. The molecule has 2 N–H and O–H groups in total. The number of unbranched alkanes of at least 4 members (excludes halogenated alkanes) is 1. The molecular formula is C24H32N2O3. The van der Waals surface area contributed by atoms with Crippen LogP contribution in [0.2, 0.25) is 0 Å². The average Bonchev–Trinajstić information content (AvgIpc) is 3.24. The molecule has 0 unspecified atom stereocenters. The van der Waals surface area contributed by atoms with E-state index < -0.39 is 0 Å². The Morgan fingerprint density at radius 3 is 2.28 bits per heavy atom. The smallest absolute Gasteiger partial charge is 0.319 e. The van der Waals surface area contributed by atoms with E-state index in [2.05, 4.69) is 29.7 Å². The first-order valence-electron chi connectivity index (χ1n) is 10.6. The zero-order valence-electron chi connectivity index (χ0n) is 17.5. The lowest BCUT2D eigenvalue weighted by Gasteiger charge is -2.30. The minimum atomic E-state index is -0.176. The van der Waals surface area contributed by atoms with E-state index in [4.69, 9.17) is 9.47 Å². The predicted molar refractivity (Wildman–Crippen MR) is 117 cm³/mol. The van der Waals surface area contributed by atoms with Crippen molar-refractivity contribution in [1.82, 2.24) is 5.32 Å². The van der Waals surface area contributed by atoms with Crippen molar-refractivity contribution in [3.8, 4) is 11.5 Å². The van der Waals surface area contributed by atoms with Gasteiger partial charge in [0.25, 0.3) is 0 Å². The number of amides is 2. The van der Waals surface area contributed by atoms with Gasteiger partial charge in [0.05, 0.1) is 13.7 Å². The lowest BCUT2D eigenvalue weighted by atomic mass is 9.79. The summed E-state index contributed by atoms with van der Waals surface area (Å²) >= 11 is 0. The Morgan fingerprint density at radius 1 is 1.00 bits per heavy atom.